The fourth-order valence-electron chi connectivity index (χ4n) is 1.78. The minimum absolute atomic E-state index is 0.173. The van der Waals surface area contributed by atoms with E-state index >= 15 is 0 Å². The molecular weight excluding hydrogens is 270 g/mol. The third-order valence-corrected chi connectivity index (χ3v) is 2.55. The van der Waals surface area contributed by atoms with E-state index in [4.69, 9.17) is 14.2 Å². The second-order valence-corrected chi connectivity index (χ2v) is 5.61. The number of hydrogen-bond acceptors (Lipinski definition) is 5. The molecule has 0 spiro atoms. The highest BCUT2D eigenvalue weighted by Crippen LogP contribution is 2.27. The smallest absolute Gasteiger partial charge is 0.320 e. The quantitative estimate of drug-likeness (QED) is 0.783. The van der Waals surface area contributed by atoms with Gasteiger partial charge in [0.2, 0.25) is 0 Å². The third-order valence-electron chi connectivity index (χ3n) is 2.55. The van der Waals surface area contributed by atoms with E-state index in [2.05, 4.69) is 5.32 Å². The van der Waals surface area contributed by atoms with Crippen molar-refractivity contribution in [3.63, 3.8) is 0 Å². The van der Waals surface area contributed by atoms with Crippen molar-refractivity contribution >= 4 is 5.97 Å². The molecule has 0 aliphatic heterocycles. The highest BCUT2D eigenvalue weighted by Gasteiger charge is 2.15. The summed E-state index contributed by atoms with van der Waals surface area (Å²) in [7, 11) is 1.61. The van der Waals surface area contributed by atoms with Crippen LogP contribution in [0.2, 0.25) is 0 Å². The second-order valence-electron chi connectivity index (χ2n) is 5.61. The molecule has 1 aromatic carbocycles. The van der Waals surface area contributed by atoms with Crippen molar-refractivity contribution < 1.29 is 19.0 Å². The summed E-state index contributed by atoms with van der Waals surface area (Å²) in [6.45, 7) is 8.80. The zero-order valence-electron chi connectivity index (χ0n) is 13.5. The van der Waals surface area contributed by atoms with Crippen LogP contribution >= 0.6 is 0 Å². The highest BCUT2D eigenvalue weighted by atomic mass is 16.6. The SMILES string of the molecule is CCOc1ccc(CNCC(=O)OC(C)(C)C)cc1OC. The monoisotopic (exact) mass is 295 g/mol. The van der Waals surface area contributed by atoms with E-state index in [-0.39, 0.29) is 12.5 Å². The maximum atomic E-state index is 11.6. The van der Waals surface area contributed by atoms with Crippen molar-refractivity contribution in [2.75, 3.05) is 20.3 Å². The van der Waals surface area contributed by atoms with Crippen molar-refractivity contribution in [1.29, 1.82) is 0 Å². The van der Waals surface area contributed by atoms with Crippen LogP contribution in [0.4, 0.5) is 0 Å². The van der Waals surface area contributed by atoms with E-state index in [1.165, 1.54) is 0 Å². The summed E-state index contributed by atoms with van der Waals surface area (Å²) in [5.74, 6) is 1.14. The average Bonchev–Trinajstić information content (AvgIpc) is 2.38. The van der Waals surface area contributed by atoms with Gasteiger partial charge in [0.05, 0.1) is 20.3 Å². The van der Waals surface area contributed by atoms with Gasteiger partial charge >= 0.3 is 5.97 Å². The summed E-state index contributed by atoms with van der Waals surface area (Å²) in [5, 5.41) is 3.06. The van der Waals surface area contributed by atoms with Crippen molar-refractivity contribution in [2.24, 2.45) is 0 Å². The van der Waals surface area contributed by atoms with Gasteiger partial charge in [-0.1, -0.05) is 6.07 Å². The number of carbonyl (C=O) groups excluding carboxylic acids is 1. The van der Waals surface area contributed by atoms with E-state index in [0.29, 0.717) is 18.9 Å². The minimum Gasteiger partial charge on any atom is -0.493 e. The number of methoxy groups -OCH3 is 1. The number of ether oxygens (including phenoxy) is 3. The summed E-state index contributed by atoms with van der Waals surface area (Å²) < 4.78 is 16.0. The van der Waals surface area contributed by atoms with Gasteiger partial charge in [-0.05, 0) is 45.4 Å². The fraction of sp³-hybridized carbons (Fsp3) is 0.562. The van der Waals surface area contributed by atoms with Gasteiger partial charge in [0.15, 0.2) is 11.5 Å². The van der Waals surface area contributed by atoms with E-state index in [0.717, 1.165) is 11.3 Å². The highest BCUT2D eigenvalue weighted by molar-refractivity contribution is 5.72. The minimum atomic E-state index is -0.457. The van der Waals surface area contributed by atoms with Crippen molar-refractivity contribution in [3.05, 3.63) is 23.8 Å². The van der Waals surface area contributed by atoms with Crippen LogP contribution in [0.5, 0.6) is 11.5 Å². The molecule has 0 aliphatic rings. The van der Waals surface area contributed by atoms with Gasteiger partial charge in [0.1, 0.15) is 5.60 Å². The molecule has 0 amide bonds. The zero-order chi connectivity index (χ0) is 15.9. The number of rotatable bonds is 7. The Labute approximate surface area is 126 Å². The zero-order valence-corrected chi connectivity index (χ0v) is 13.5. The molecule has 0 aliphatic carbocycles. The van der Waals surface area contributed by atoms with Gasteiger partial charge in [-0.2, -0.15) is 0 Å². The molecular formula is C16H25NO4. The molecule has 0 bridgehead atoms. The fourth-order valence-corrected chi connectivity index (χ4v) is 1.78. The molecule has 1 rings (SSSR count). The first kappa shape index (κ1) is 17.3. The molecule has 0 saturated carbocycles. The van der Waals surface area contributed by atoms with Crippen LogP contribution in [0.25, 0.3) is 0 Å². The Morgan fingerprint density at radius 1 is 1.24 bits per heavy atom. The summed E-state index contributed by atoms with van der Waals surface area (Å²) >= 11 is 0. The standard InChI is InChI=1S/C16H25NO4/c1-6-20-13-8-7-12(9-14(13)19-5)10-17-11-15(18)21-16(2,3)4/h7-9,17H,6,10-11H2,1-5H3. The number of esters is 1. The van der Waals surface area contributed by atoms with Crippen LogP contribution in [-0.4, -0.2) is 31.8 Å². The number of carbonyl (C=O) groups is 1. The molecule has 5 nitrogen and oxygen atoms in total. The first-order chi connectivity index (χ1) is 9.85. The van der Waals surface area contributed by atoms with Crippen LogP contribution in [-0.2, 0) is 16.1 Å². The molecule has 0 heterocycles. The molecule has 0 atom stereocenters. The van der Waals surface area contributed by atoms with E-state index in [9.17, 15) is 4.79 Å². The Morgan fingerprint density at radius 3 is 2.52 bits per heavy atom. The second kappa shape index (κ2) is 7.88. The molecule has 1 N–H and O–H groups in total. The van der Waals surface area contributed by atoms with Gasteiger partial charge in [-0.15, -0.1) is 0 Å². The molecule has 0 fully saturated rings. The van der Waals surface area contributed by atoms with Crippen molar-refractivity contribution in [3.8, 4) is 11.5 Å². The molecule has 1 aromatic rings. The van der Waals surface area contributed by atoms with Crippen LogP contribution in [0, 0.1) is 0 Å². The van der Waals surface area contributed by atoms with Gasteiger partial charge in [0.25, 0.3) is 0 Å². The van der Waals surface area contributed by atoms with Crippen LogP contribution in [0.15, 0.2) is 18.2 Å². The van der Waals surface area contributed by atoms with E-state index in [1.807, 2.05) is 45.9 Å². The summed E-state index contributed by atoms with van der Waals surface area (Å²) in [4.78, 5) is 11.6. The normalized spacial score (nSPS) is 11.1. The Kier molecular flexibility index (Phi) is 6.49. The third kappa shape index (κ3) is 6.49. The van der Waals surface area contributed by atoms with Crippen molar-refractivity contribution in [1.82, 2.24) is 5.32 Å². The summed E-state index contributed by atoms with van der Waals surface area (Å²) in [6.07, 6.45) is 0. The molecule has 0 radical (unpaired) electrons. The summed E-state index contributed by atoms with van der Waals surface area (Å²) in [5.41, 5.74) is 0.556. The maximum Gasteiger partial charge on any atom is 0.320 e. The lowest BCUT2D eigenvalue weighted by molar-refractivity contribution is -0.153. The lowest BCUT2D eigenvalue weighted by Gasteiger charge is -2.19. The molecule has 5 heteroatoms. The first-order valence-electron chi connectivity index (χ1n) is 7.08. The molecule has 0 saturated heterocycles. The van der Waals surface area contributed by atoms with Crippen LogP contribution in [0.1, 0.15) is 33.3 Å². The molecule has 0 aromatic heterocycles. The Morgan fingerprint density at radius 2 is 1.95 bits per heavy atom. The topological polar surface area (TPSA) is 56.8 Å². The van der Waals surface area contributed by atoms with Gasteiger partial charge in [-0.25, -0.2) is 0 Å². The number of hydrogen-bond donors (Lipinski definition) is 1. The lowest BCUT2D eigenvalue weighted by atomic mass is 10.2. The maximum absolute atomic E-state index is 11.6. The van der Waals surface area contributed by atoms with Gasteiger partial charge < -0.3 is 19.5 Å². The molecule has 0 unspecified atom stereocenters. The van der Waals surface area contributed by atoms with Crippen molar-refractivity contribution in [2.45, 2.75) is 39.8 Å². The van der Waals surface area contributed by atoms with Gasteiger partial charge in [0, 0.05) is 6.54 Å². The number of benzene rings is 1. The van der Waals surface area contributed by atoms with Crippen LogP contribution in [0.3, 0.4) is 0 Å². The largest absolute Gasteiger partial charge is 0.493 e. The molecule has 118 valence electrons. The number of nitrogens with one attached hydrogen (secondary N) is 1. The average molecular weight is 295 g/mol. The van der Waals surface area contributed by atoms with Gasteiger partial charge in [-0.3, -0.25) is 4.79 Å². The predicted molar refractivity (Wildman–Crippen MR) is 81.7 cm³/mol. The first-order valence-corrected chi connectivity index (χ1v) is 7.08. The Bertz CT molecular complexity index is 466. The lowest BCUT2D eigenvalue weighted by Crippen LogP contribution is -2.31. The molecule has 21 heavy (non-hydrogen) atoms. The Balaban J connectivity index is 2.50. The Hall–Kier alpha value is -1.75. The summed E-state index contributed by atoms with van der Waals surface area (Å²) in [6, 6.07) is 5.70. The van der Waals surface area contributed by atoms with E-state index < -0.39 is 5.60 Å². The van der Waals surface area contributed by atoms with Crippen LogP contribution < -0.4 is 14.8 Å². The predicted octanol–water partition coefficient (Wildman–Crippen LogP) is 2.53. The van der Waals surface area contributed by atoms with E-state index in [1.54, 1.807) is 7.11 Å².